The van der Waals surface area contributed by atoms with Gasteiger partial charge in [0.25, 0.3) is 0 Å². The third-order valence-corrected chi connectivity index (χ3v) is 8.08. The number of hydrogen-bond acceptors (Lipinski definition) is 10. The van der Waals surface area contributed by atoms with Crippen molar-refractivity contribution >= 4 is 52.3 Å². The molecule has 0 saturated carbocycles. The van der Waals surface area contributed by atoms with Crippen LogP contribution in [0.25, 0.3) is 10.9 Å². The minimum Gasteiger partial charge on any atom is -0.481 e. The predicted octanol–water partition coefficient (Wildman–Crippen LogP) is -2.32. The van der Waals surface area contributed by atoms with Crippen molar-refractivity contribution in [2.45, 2.75) is 62.8 Å². The SMILES string of the molecule is C[C@H](NC(=O)[C@H](CC(=O)O)NC(=O)CNC(=O)[C@@H](N)Cc1cccnc1)C(=O)N[C@@H](Cc1c[nH]cn1)C(=O)N[C@@H](Cc1c[nH]c2ccccc12)C(N)=O. The van der Waals surface area contributed by atoms with E-state index in [9.17, 15) is 38.7 Å². The number of para-hydroxylation sites is 1. The lowest BCUT2D eigenvalue weighted by molar-refractivity contribution is -0.141. The van der Waals surface area contributed by atoms with E-state index in [2.05, 4.69) is 46.5 Å². The van der Waals surface area contributed by atoms with E-state index in [1.807, 2.05) is 24.3 Å². The number of carbonyl (C=O) groups is 7. The number of aromatic amines is 2. The fourth-order valence-electron chi connectivity index (χ4n) is 5.31. The van der Waals surface area contributed by atoms with Gasteiger partial charge in [0.2, 0.25) is 35.4 Å². The topological polar surface area (TPSA) is 309 Å². The normalized spacial score (nSPS) is 13.8. The first-order chi connectivity index (χ1) is 25.3. The first kappa shape index (κ1) is 39.2. The van der Waals surface area contributed by atoms with Crippen LogP contribution in [0.5, 0.6) is 0 Å². The number of aliphatic carboxylic acids is 1. The lowest BCUT2D eigenvalue weighted by Gasteiger charge is -2.24. The molecule has 0 bridgehead atoms. The summed E-state index contributed by atoms with van der Waals surface area (Å²) < 4.78 is 0. The molecule has 53 heavy (non-hydrogen) atoms. The van der Waals surface area contributed by atoms with Gasteiger partial charge in [-0.15, -0.1) is 0 Å². The van der Waals surface area contributed by atoms with E-state index in [0.717, 1.165) is 16.5 Å². The number of primary amides is 1. The first-order valence-electron chi connectivity index (χ1n) is 16.5. The van der Waals surface area contributed by atoms with E-state index >= 15 is 0 Å². The monoisotopic (exact) mass is 731 g/mol. The third-order valence-electron chi connectivity index (χ3n) is 8.08. The van der Waals surface area contributed by atoms with E-state index < -0.39 is 84.6 Å². The molecule has 0 aliphatic rings. The van der Waals surface area contributed by atoms with E-state index in [1.165, 1.54) is 25.6 Å². The highest BCUT2D eigenvalue weighted by Gasteiger charge is 2.31. The number of H-pyrrole nitrogens is 2. The molecule has 0 saturated heterocycles. The number of imidazole rings is 1. The van der Waals surface area contributed by atoms with Gasteiger partial charge in [0.1, 0.15) is 24.2 Å². The number of pyridine rings is 1. The Morgan fingerprint density at radius 2 is 1.57 bits per heavy atom. The number of nitrogens with zero attached hydrogens (tertiary/aromatic N) is 2. The Balaban J connectivity index is 1.36. The molecule has 0 fully saturated rings. The Morgan fingerprint density at radius 3 is 2.25 bits per heavy atom. The van der Waals surface area contributed by atoms with E-state index in [4.69, 9.17) is 11.5 Å². The van der Waals surface area contributed by atoms with Crippen LogP contribution in [0.2, 0.25) is 0 Å². The zero-order valence-electron chi connectivity index (χ0n) is 28.6. The van der Waals surface area contributed by atoms with Crippen molar-refractivity contribution in [3.63, 3.8) is 0 Å². The predicted molar refractivity (Wildman–Crippen MR) is 188 cm³/mol. The largest absolute Gasteiger partial charge is 0.481 e. The summed E-state index contributed by atoms with van der Waals surface area (Å²) in [5.74, 6) is -6.44. The molecule has 0 aliphatic heterocycles. The fraction of sp³-hybridized carbons (Fsp3) is 0.324. The van der Waals surface area contributed by atoms with E-state index in [-0.39, 0.29) is 19.3 Å². The van der Waals surface area contributed by atoms with Gasteiger partial charge in [-0.1, -0.05) is 24.3 Å². The Labute approximate surface area is 302 Å². The molecule has 19 nitrogen and oxygen atoms in total. The number of carboxylic acids is 1. The summed E-state index contributed by atoms with van der Waals surface area (Å²) in [7, 11) is 0. The molecule has 0 aliphatic carbocycles. The average Bonchev–Trinajstić information content (AvgIpc) is 3.80. The van der Waals surface area contributed by atoms with Crippen LogP contribution in [-0.4, -0.2) is 103 Å². The molecule has 1 aromatic carbocycles. The third kappa shape index (κ3) is 11.7. The highest BCUT2D eigenvalue weighted by Crippen LogP contribution is 2.19. The average molecular weight is 732 g/mol. The lowest BCUT2D eigenvalue weighted by atomic mass is 10.0. The molecule has 0 spiro atoms. The van der Waals surface area contributed by atoms with Gasteiger partial charge in [-0.2, -0.15) is 0 Å². The zero-order chi connectivity index (χ0) is 38.5. The van der Waals surface area contributed by atoms with Gasteiger partial charge in [-0.25, -0.2) is 4.98 Å². The molecule has 5 atom stereocenters. The number of carbonyl (C=O) groups excluding carboxylic acids is 6. The first-order valence-corrected chi connectivity index (χ1v) is 16.5. The molecule has 4 rings (SSSR count). The van der Waals surface area contributed by atoms with E-state index in [1.54, 1.807) is 24.5 Å². The summed E-state index contributed by atoms with van der Waals surface area (Å²) in [5.41, 5.74) is 14.2. The maximum Gasteiger partial charge on any atom is 0.305 e. The number of nitrogens with one attached hydrogen (secondary N) is 7. The minimum absolute atomic E-state index is 0.0548. The quantitative estimate of drug-likeness (QED) is 0.0488. The van der Waals surface area contributed by atoms with Crippen molar-refractivity contribution in [2.24, 2.45) is 11.5 Å². The highest BCUT2D eigenvalue weighted by molar-refractivity contribution is 5.97. The maximum atomic E-state index is 13.5. The van der Waals surface area contributed by atoms with Gasteiger partial charge < -0.3 is 53.1 Å². The number of nitrogens with two attached hydrogens (primary N) is 2. The van der Waals surface area contributed by atoms with Crippen LogP contribution in [0.15, 0.2) is 67.5 Å². The zero-order valence-corrected chi connectivity index (χ0v) is 28.6. The number of fused-ring (bicyclic) bond motifs is 1. The van der Waals surface area contributed by atoms with Gasteiger partial charge in [0.15, 0.2) is 0 Å². The number of rotatable bonds is 19. The second-order valence-electron chi connectivity index (χ2n) is 12.2. The van der Waals surface area contributed by atoms with Crippen LogP contribution in [0.3, 0.4) is 0 Å². The van der Waals surface area contributed by atoms with Gasteiger partial charge >= 0.3 is 5.97 Å². The van der Waals surface area contributed by atoms with Gasteiger partial charge in [0.05, 0.1) is 31.0 Å². The van der Waals surface area contributed by atoms with Crippen molar-refractivity contribution in [3.8, 4) is 0 Å². The maximum absolute atomic E-state index is 13.5. The Bertz CT molecular complexity index is 1920. The summed E-state index contributed by atoms with van der Waals surface area (Å²) in [5, 5.41) is 22.2. The van der Waals surface area contributed by atoms with Crippen LogP contribution in [0, 0.1) is 0 Å². The molecule has 280 valence electrons. The minimum atomic E-state index is -1.64. The smallest absolute Gasteiger partial charge is 0.305 e. The summed E-state index contributed by atoms with van der Waals surface area (Å²) in [6.07, 6.45) is 6.92. The molecule has 3 aromatic heterocycles. The lowest BCUT2D eigenvalue weighted by Crippen LogP contribution is -2.58. The van der Waals surface area contributed by atoms with Gasteiger partial charge in [0, 0.05) is 48.5 Å². The molecule has 6 amide bonds. The second kappa shape index (κ2) is 18.6. The van der Waals surface area contributed by atoms with Gasteiger partial charge in [-0.3, -0.25) is 38.5 Å². The van der Waals surface area contributed by atoms with Crippen LogP contribution < -0.4 is 38.1 Å². The summed E-state index contributed by atoms with van der Waals surface area (Å²) in [6, 6.07) is 4.35. The summed E-state index contributed by atoms with van der Waals surface area (Å²) in [4.78, 5) is 103. The van der Waals surface area contributed by atoms with Crippen LogP contribution in [0.4, 0.5) is 0 Å². The standard InChI is InChI=1S/C34H41N11O8/c1-18(42-33(52)27(12-29(47)48)43-28(46)16-40-32(51)23(35)9-19-5-4-8-37-13-19)31(50)45-26(11-21-15-38-17-41-21)34(53)44-25(30(36)49)10-20-14-39-24-7-3-2-6-22(20)24/h2-8,13-15,17-18,23,25-27,39H,9-12,16,35H2,1H3,(H2,36,49)(H,38,41)(H,40,51)(H,42,52)(H,43,46)(H,44,53)(H,45,50)(H,47,48)/t18-,23-,25-,26-,27-/m0/s1. The summed E-state index contributed by atoms with van der Waals surface area (Å²) in [6.45, 7) is 0.666. The molecule has 12 N–H and O–H groups in total. The number of amides is 6. The fourth-order valence-corrected chi connectivity index (χ4v) is 5.31. The highest BCUT2D eigenvalue weighted by atomic mass is 16.4. The van der Waals surface area contributed by atoms with Crippen molar-refractivity contribution in [1.29, 1.82) is 0 Å². The van der Waals surface area contributed by atoms with Crippen molar-refractivity contribution in [1.82, 2.24) is 46.5 Å². The van der Waals surface area contributed by atoms with Crippen LogP contribution in [0.1, 0.15) is 30.2 Å². The number of aromatic nitrogens is 4. The van der Waals surface area contributed by atoms with Crippen LogP contribution in [-0.2, 0) is 52.8 Å². The van der Waals surface area contributed by atoms with Crippen molar-refractivity contribution in [3.05, 3.63) is 84.3 Å². The second-order valence-corrected chi connectivity index (χ2v) is 12.2. The Kier molecular flexibility index (Phi) is 13.7. The number of carboxylic acid groups (broad SMARTS) is 1. The van der Waals surface area contributed by atoms with E-state index in [0.29, 0.717) is 11.3 Å². The molecule has 3 heterocycles. The molecular formula is C34H41N11O8. The molecule has 19 heteroatoms. The molecular weight excluding hydrogens is 690 g/mol. The van der Waals surface area contributed by atoms with Crippen LogP contribution >= 0.6 is 0 Å². The molecule has 0 radical (unpaired) electrons. The Hall–Kier alpha value is -6.63. The molecule has 4 aromatic rings. The number of hydrogen-bond donors (Lipinski definition) is 10. The van der Waals surface area contributed by atoms with Gasteiger partial charge in [-0.05, 0) is 36.6 Å². The Morgan fingerprint density at radius 1 is 0.830 bits per heavy atom. The van der Waals surface area contributed by atoms with Crippen molar-refractivity contribution < 1.29 is 38.7 Å². The summed E-state index contributed by atoms with van der Waals surface area (Å²) >= 11 is 0. The van der Waals surface area contributed by atoms with Crippen molar-refractivity contribution in [2.75, 3.05) is 6.54 Å². The molecule has 0 unspecified atom stereocenters. The number of benzene rings is 1.